The first-order valence-electron chi connectivity index (χ1n) is 6.09. The van der Waals surface area contributed by atoms with E-state index in [4.69, 9.17) is 16.3 Å². The summed E-state index contributed by atoms with van der Waals surface area (Å²) in [5, 5.41) is 13.3. The first kappa shape index (κ1) is 16.3. The van der Waals surface area contributed by atoms with Crippen LogP contribution in [0.2, 0.25) is 5.15 Å². The summed E-state index contributed by atoms with van der Waals surface area (Å²) >= 11 is 5.81. The van der Waals surface area contributed by atoms with Gasteiger partial charge in [0.25, 0.3) is 11.6 Å². The van der Waals surface area contributed by atoms with Crippen molar-refractivity contribution in [3.8, 4) is 0 Å². The van der Waals surface area contributed by atoms with E-state index in [1.54, 1.807) is 0 Å². The van der Waals surface area contributed by atoms with Crippen LogP contribution in [0.5, 0.6) is 0 Å². The number of aromatic nitrogens is 1. The maximum Gasteiger partial charge on any atom is 0.288 e. The quantitative estimate of drug-likeness (QED) is 0.473. The highest BCUT2D eigenvalue weighted by Gasteiger charge is 2.19. The molecule has 1 atom stereocenters. The van der Waals surface area contributed by atoms with Crippen molar-refractivity contribution < 1.29 is 14.5 Å². The monoisotopic (exact) mass is 301 g/mol. The molecule has 20 heavy (non-hydrogen) atoms. The van der Waals surface area contributed by atoms with Crippen molar-refractivity contribution in [2.45, 2.75) is 25.8 Å². The predicted molar refractivity (Wildman–Crippen MR) is 73.9 cm³/mol. The van der Waals surface area contributed by atoms with Gasteiger partial charge < -0.3 is 10.1 Å². The van der Waals surface area contributed by atoms with Gasteiger partial charge in [0.15, 0.2) is 0 Å². The van der Waals surface area contributed by atoms with Gasteiger partial charge in [0, 0.05) is 13.2 Å². The summed E-state index contributed by atoms with van der Waals surface area (Å²) in [5.74, 6) is -0.498. The Hall–Kier alpha value is -1.73. The minimum atomic E-state index is -0.626. The summed E-state index contributed by atoms with van der Waals surface area (Å²) in [6.45, 7) is 2.34. The first-order valence-corrected chi connectivity index (χ1v) is 6.47. The van der Waals surface area contributed by atoms with E-state index in [-0.39, 0.29) is 22.4 Å². The minimum absolute atomic E-state index is 0.0157. The fraction of sp³-hybridized carbons (Fsp3) is 0.500. The van der Waals surface area contributed by atoms with Crippen LogP contribution in [0.25, 0.3) is 0 Å². The summed E-state index contributed by atoms with van der Waals surface area (Å²) in [6, 6.07) is 0.938. The Balaban J connectivity index is 2.90. The average Bonchev–Trinajstić information content (AvgIpc) is 2.39. The fourth-order valence-corrected chi connectivity index (χ4v) is 1.90. The number of halogens is 1. The third kappa shape index (κ3) is 4.43. The largest absolute Gasteiger partial charge is 0.383 e. The summed E-state index contributed by atoms with van der Waals surface area (Å²) in [5.41, 5.74) is -0.295. The fourth-order valence-electron chi connectivity index (χ4n) is 1.71. The lowest BCUT2D eigenvalue weighted by Gasteiger charge is -2.17. The molecule has 0 fully saturated rings. The third-order valence-corrected chi connectivity index (χ3v) is 2.92. The number of nitrogens with one attached hydrogen (secondary N) is 1. The zero-order chi connectivity index (χ0) is 15.1. The molecule has 110 valence electrons. The van der Waals surface area contributed by atoms with Crippen molar-refractivity contribution in [2.24, 2.45) is 0 Å². The van der Waals surface area contributed by atoms with E-state index in [0.29, 0.717) is 6.61 Å². The lowest BCUT2D eigenvalue weighted by Crippen LogP contribution is -2.38. The maximum atomic E-state index is 12.1. The van der Waals surface area contributed by atoms with Crippen LogP contribution in [-0.2, 0) is 4.74 Å². The molecule has 0 aliphatic carbocycles. The minimum Gasteiger partial charge on any atom is -0.383 e. The lowest BCUT2D eigenvalue weighted by atomic mass is 10.1. The smallest absolute Gasteiger partial charge is 0.288 e. The van der Waals surface area contributed by atoms with E-state index in [2.05, 4.69) is 10.3 Å². The molecule has 1 aromatic rings. The van der Waals surface area contributed by atoms with Crippen molar-refractivity contribution in [3.05, 3.63) is 33.1 Å². The second-order valence-corrected chi connectivity index (χ2v) is 4.56. The first-order chi connectivity index (χ1) is 9.49. The second kappa shape index (κ2) is 7.76. The van der Waals surface area contributed by atoms with Crippen LogP contribution < -0.4 is 5.32 Å². The SMILES string of the molecule is CCCC(COC)NC(=O)c1cc([N+](=O)[O-])cnc1Cl. The van der Waals surface area contributed by atoms with Crippen LogP contribution in [0, 0.1) is 10.1 Å². The third-order valence-electron chi connectivity index (χ3n) is 2.62. The number of pyridine rings is 1. The van der Waals surface area contributed by atoms with Crippen LogP contribution in [-0.4, -0.2) is 35.6 Å². The Morgan fingerprint density at radius 2 is 2.35 bits per heavy atom. The van der Waals surface area contributed by atoms with Gasteiger partial charge in [-0.15, -0.1) is 0 Å². The topological polar surface area (TPSA) is 94.4 Å². The van der Waals surface area contributed by atoms with Crippen molar-refractivity contribution in [2.75, 3.05) is 13.7 Å². The number of amides is 1. The zero-order valence-corrected chi connectivity index (χ0v) is 12.0. The maximum absolute atomic E-state index is 12.1. The molecule has 0 radical (unpaired) electrons. The van der Waals surface area contributed by atoms with Crippen LogP contribution in [0.15, 0.2) is 12.3 Å². The standard InChI is InChI=1S/C12H16ClN3O4/c1-3-4-8(7-20-2)15-12(17)10-5-9(16(18)19)6-14-11(10)13/h5-6,8H,3-4,7H2,1-2H3,(H,15,17). The molecule has 0 bridgehead atoms. The predicted octanol–water partition coefficient (Wildman–Crippen LogP) is 2.19. The summed E-state index contributed by atoms with van der Waals surface area (Å²) in [6.07, 6.45) is 2.62. The van der Waals surface area contributed by atoms with E-state index < -0.39 is 10.8 Å². The Labute approximate surface area is 121 Å². The molecule has 1 aromatic heterocycles. The molecule has 0 spiro atoms. The highest BCUT2D eigenvalue weighted by molar-refractivity contribution is 6.32. The van der Waals surface area contributed by atoms with Crippen LogP contribution >= 0.6 is 11.6 Å². The highest BCUT2D eigenvalue weighted by atomic mass is 35.5. The molecule has 7 nitrogen and oxygen atoms in total. The number of methoxy groups -OCH3 is 1. The normalized spacial score (nSPS) is 11.9. The Kier molecular flexibility index (Phi) is 6.33. The van der Waals surface area contributed by atoms with Gasteiger partial charge in [0.05, 0.1) is 23.1 Å². The number of nitro groups is 1. The Morgan fingerprint density at radius 1 is 1.65 bits per heavy atom. The molecule has 0 saturated heterocycles. The van der Waals surface area contributed by atoms with Crippen molar-refractivity contribution in [1.29, 1.82) is 0 Å². The van der Waals surface area contributed by atoms with Crippen LogP contribution in [0.4, 0.5) is 5.69 Å². The molecule has 1 unspecified atom stereocenters. The Morgan fingerprint density at radius 3 is 2.90 bits per heavy atom. The van der Waals surface area contributed by atoms with Gasteiger partial charge in [-0.25, -0.2) is 4.98 Å². The van der Waals surface area contributed by atoms with Crippen LogP contribution in [0.1, 0.15) is 30.1 Å². The number of ether oxygens (including phenoxy) is 1. The molecule has 1 rings (SSSR count). The summed E-state index contributed by atoms with van der Waals surface area (Å²) in [4.78, 5) is 25.8. The van der Waals surface area contributed by atoms with Gasteiger partial charge >= 0.3 is 0 Å². The second-order valence-electron chi connectivity index (χ2n) is 4.20. The molecule has 0 saturated carbocycles. The van der Waals surface area contributed by atoms with Crippen molar-refractivity contribution >= 4 is 23.2 Å². The number of carbonyl (C=O) groups is 1. The zero-order valence-electron chi connectivity index (χ0n) is 11.3. The molecular formula is C12H16ClN3O4. The van der Waals surface area contributed by atoms with E-state index in [0.717, 1.165) is 25.1 Å². The van der Waals surface area contributed by atoms with Gasteiger partial charge in [-0.3, -0.25) is 14.9 Å². The van der Waals surface area contributed by atoms with E-state index in [1.165, 1.54) is 7.11 Å². The van der Waals surface area contributed by atoms with E-state index >= 15 is 0 Å². The van der Waals surface area contributed by atoms with E-state index in [9.17, 15) is 14.9 Å². The van der Waals surface area contributed by atoms with Gasteiger partial charge in [0.1, 0.15) is 11.3 Å². The molecular weight excluding hydrogens is 286 g/mol. The molecule has 1 N–H and O–H groups in total. The van der Waals surface area contributed by atoms with Gasteiger partial charge in [0.2, 0.25) is 0 Å². The highest BCUT2D eigenvalue weighted by Crippen LogP contribution is 2.19. The van der Waals surface area contributed by atoms with Crippen molar-refractivity contribution in [3.63, 3.8) is 0 Å². The van der Waals surface area contributed by atoms with Crippen molar-refractivity contribution in [1.82, 2.24) is 10.3 Å². The summed E-state index contributed by atoms with van der Waals surface area (Å²) in [7, 11) is 1.54. The van der Waals surface area contributed by atoms with E-state index in [1.807, 2.05) is 6.92 Å². The number of hydrogen-bond donors (Lipinski definition) is 1. The number of hydrogen-bond acceptors (Lipinski definition) is 5. The molecule has 1 amide bonds. The average molecular weight is 302 g/mol. The Bertz CT molecular complexity index is 490. The number of rotatable bonds is 7. The van der Waals surface area contributed by atoms with Gasteiger partial charge in [-0.1, -0.05) is 24.9 Å². The molecule has 1 heterocycles. The molecule has 0 aromatic carbocycles. The summed E-state index contributed by atoms with van der Waals surface area (Å²) < 4.78 is 5.01. The lowest BCUT2D eigenvalue weighted by molar-refractivity contribution is -0.385. The molecule has 8 heteroatoms. The van der Waals surface area contributed by atoms with Gasteiger partial charge in [-0.2, -0.15) is 0 Å². The molecule has 0 aliphatic rings. The number of carbonyl (C=O) groups excluding carboxylic acids is 1. The number of nitrogens with zero attached hydrogens (tertiary/aromatic N) is 2. The molecule has 0 aliphatic heterocycles. The van der Waals surface area contributed by atoms with Gasteiger partial charge in [-0.05, 0) is 6.42 Å². The van der Waals surface area contributed by atoms with Crippen LogP contribution in [0.3, 0.4) is 0 Å².